The fraction of sp³-hybridized carbons (Fsp3) is 0.350. The van der Waals surface area contributed by atoms with Crippen LogP contribution in [0, 0.1) is 13.8 Å². The molecule has 28 heavy (non-hydrogen) atoms. The van der Waals surface area contributed by atoms with Crippen molar-refractivity contribution in [2.75, 3.05) is 25.0 Å². The third-order valence-corrected chi connectivity index (χ3v) is 5.32. The Morgan fingerprint density at radius 2 is 1.79 bits per heavy atom. The summed E-state index contributed by atoms with van der Waals surface area (Å²) in [5.74, 6) is 0.172. The second kappa shape index (κ2) is 9.57. The molecule has 0 saturated carbocycles. The molecule has 0 aliphatic rings. The molecular weight excluding hydrogens is 380 g/mol. The van der Waals surface area contributed by atoms with E-state index in [9.17, 15) is 13.2 Å². The van der Waals surface area contributed by atoms with Crippen LogP contribution in [0.2, 0.25) is 0 Å². The van der Waals surface area contributed by atoms with Crippen LogP contribution in [0.25, 0.3) is 0 Å². The van der Waals surface area contributed by atoms with Gasteiger partial charge in [-0.1, -0.05) is 17.7 Å². The monoisotopic (exact) mass is 406 g/mol. The lowest BCUT2D eigenvalue weighted by Crippen LogP contribution is -2.38. The smallest absolute Gasteiger partial charge is 0.261 e. The number of hydrogen-bond acceptors (Lipinski definition) is 5. The summed E-state index contributed by atoms with van der Waals surface area (Å²) < 4.78 is 38.2. The normalized spacial score (nSPS) is 12.3. The molecule has 0 aliphatic heterocycles. The zero-order valence-corrected chi connectivity index (χ0v) is 17.3. The van der Waals surface area contributed by atoms with E-state index in [2.05, 4.69) is 10.0 Å². The number of carbonyl (C=O) groups excluding carboxylic acids is 1. The molecule has 0 spiro atoms. The number of aryl methyl sites for hydroxylation is 2. The van der Waals surface area contributed by atoms with E-state index in [1.54, 1.807) is 32.2 Å². The van der Waals surface area contributed by atoms with E-state index >= 15 is 0 Å². The van der Waals surface area contributed by atoms with Crippen LogP contribution in [-0.4, -0.2) is 40.7 Å². The van der Waals surface area contributed by atoms with Gasteiger partial charge in [0.15, 0.2) is 6.61 Å². The Balaban J connectivity index is 2.02. The van der Waals surface area contributed by atoms with Crippen molar-refractivity contribution in [1.82, 2.24) is 5.32 Å². The number of ether oxygens (including phenoxy) is 2. The van der Waals surface area contributed by atoms with Crippen molar-refractivity contribution < 1.29 is 22.7 Å². The van der Waals surface area contributed by atoms with Gasteiger partial charge in [-0.2, -0.15) is 0 Å². The van der Waals surface area contributed by atoms with Crippen LogP contribution < -0.4 is 14.8 Å². The van der Waals surface area contributed by atoms with Crippen molar-refractivity contribution >= 4 is 21.6 Å². The molecule has 0 aliphatic carbocycles. The molecule has 2 aromatic carbocycles. The van der Waals surface area contributed by atoms with Crippen molar-refractivity contribution in [2.24, 2.45) is 0 Å². The predicted molar refractivity (Wildman–Crippen MR) is 108 cm³/mol. The topological polar surface area (TPSA) is 93.7 Å². The number of sulfonamides is 1. The van der Waals surface area contributed by atoms with Gasteiger partial charge in [0.1, 0.15) is 5.75 Å². The lowest BCUT2D eigenvalue weighted by atomic mass is 10.2. The van der Waals surface area contributed by atoms with E-state index in [1.165, 1.54) is 12.1 Å². The van der Waals surface area contributed by atoms with E-state index < -0.39 is 10.0 Å². The Labute approximate surface area is 166 Å². The van der Waals surface area contributed by atoms with Crippen LogP contribution in [0.4, 0.5) is 5.69 Å². The van der Waals surface area contributed by atoms with Crippen LogP contribution in [0.1, 0.15) is 18.1 Å². The predicted octanol–water partition coefficient (Wildman–Crippen LogP) is 2.63. The summed E-state index contributed by atoms with van der Waals surface area (Å²) in [4.78, 5) is 12.0. The Morgan fingerprint density at radius 3 is 2.39 bits per heavy atom. The lowest BCUT2D eigenvalue weighted by Gasteiger charge is -2.14. The summed E-state index contributed by atoms with van der Waals surface area (Å²) in [6, 6.07) is 11.5. The zero-order valence-electron chi connectivity index (χ0n) is 16.5. The zero-order chi connectivity index (χ0) is 20.7. The van der Waals surface area contributed by atoms with Crippen molar-refractivity contribution in [1.29, 1.82) is 0 Å². The van der Waals surface area contributed by atoms with E-state index in [1.807, 2.05) is 26.0 Å². The SMILES string of the molecule is COC[C@H](C)NC(=O)COc1ccc(S(=O)(=O)Nc2ccc(C)cc2)cc1C. The number of methoxy groups -OCH3 is 1. The summed E-state index contributed by atoms with van der Waals surface area (Å²) in [5, 5.41) is 2.74. The molecule has 0 radical (unpaired) electrons. The molecule has 0 aromatic heterocycles. The van der Waals surface area contributed by atoms with Gasteiger partial charge >= 0.3 is 0 Å². The van der Waals surface area contributed by atoms with Gasteiger partial charge in [-0.25, -0.2) is 8.42 Å². The Hall–Kier alpha value is -2.58. The molecule has 1 atom stereocenters. The first kappa shape index (κ1) is 21.7. The summed E-state index contributed by atoms with van der Waals surface area (Å²) in [5.41, 5.74) is 2.15. The highest BCUT2D eigenvalue weighted by molar-refractivity contribution is 7.92. The average Bonchev–Trinajstić information content (AvgIpc) is 2.62. The highest BCUT2D eigenvalue weighted by Gasteiger charge is 2.16. The van der Waals surface area contributed by atoms with Gasteiger partial charge in [0, 0.05) is 18.8 Å². The molecule has 0 heterocycles. The molecule has 0 saturated heterocycles. The molecule has 0 fully saturated rings. The van der Waals surface area contributed by atoms with Crippen molar-refractivity contribution in [2.45, 2.75) is 31.7 Å². The largest absolute Gasteiger partial charge is 0.484 e. The first-order valence-electron chi connectivity index (χ1n) is 8.82. The van der Waals surface area contributed by atoms with Gasteiger partial charge in [-0.05, 0) is 56.7 Å². The number of carbonyl (C=O) groups is 1. The van der Waals surface area contributed by atoms with Crippen LogP contribution in [0.5, 0.6) is 5.75 Å². The van der Waals surface area contributed by atoms with Gasteiger partial charge in [0.2, 0.25) is 0 Å². The Kier molecular flexibility index (Phi) is 7.42. The fourth-order valence-corrected chi connectivity index (χ4v) is 3.68. The molecule has 2 rings (SSSR count). The average molecular weight is 407 g/mol. The van der Waals surface area contributed by atoms with Gasteiger partial charge in [-0.15, -0.1) is 0 Å². The molecule has 152 valence electrons. The van der Waals surface area contributed by atoms with Gasteiger partial charge < -0.3 is 14.8 Å². The van der Waals surface area contributed by atoms with Crippen LogP contribution >= 0.6 is 0 Å². The van der Waals surface area contributed by atoms with Gasteiger partial charge in [-0.3, -0.25) is 9.52 Å². The highest BCUT2D eigenvalue weighted by Crippen LogP contribution is 2.23. The van der Waals surface area contributed by atoms with Gasteiger partial charge in [0.05, 0.1) is 11.5 Å². The molecule has 0 unspecified atom stereocenters. The van der Waals surface area contributed by atoms with E-state index in [0.29, 0.717) is 23.6 Å². The molecule has 2 aromatic rings. The number of benzene rings is 2. The molecule has 7 nitrogen and oxygen atoms in total. The van der Waals surface area contributed by atoms with Crippen LogP contribution in [0.3, 0.4) is 0 Å². The van der Waals surface area contributed by atoms with E-state index in [-0.39, 0.29) is 23.5 Å². The number of rotatable bonds is 9. The standard InChI is InChI=1S/C20H26N2O5S/c1-14-5-7-17(8-6-14)22-28(24,25)18-9-10-19(15(2)11-18)27-13-20(23)21-16(3)12-26-4/h5-11,16,22H,12-13H2,1-4H3,(H,21,23)/t16-/m0/s1. The fourth-order valence-electron chi connectivity index (χ4n) is 2.54. The van der Waals surface area contributed by atoms with Crippen molar-refractivity contribution in [3.63, 3.8) is 0 Å². The second-order valence-electron chi connectivity index (χ2n) is 6.61. The third-order valence-electron chi connectivity index (χ3n) is 3.94. The Morgan fingerprint density at radius 1 is 1.11 bits per heavy atom. The summed E-state index contributed by atoms with van der Waals surface area (Å²) in [6.45, 7) is 5.73. The molecule has 0 bridgehead atoms. The number of anilines is 1. The molecular formula is C20H26N2O5S. The maximum Gasteiger partial charge on any atom is 0.261 e. The van der Waals surface area contributed by atoms with E-state index in [4.69, 9.17) is 9.47 Å². The number of amides is 1. The third kappa shape index (κ3) is 6.24. The summed E-state index contributed by atoms with van der Waals surface area (Å²) in [6.07, 6.45) is 0. The highest BCUT2D eigenvalue weighted by atomic mass is 32.2. The molecule has 2 N–H and O–H groups in total. The second-order valence-corrected chi connectivity index (χ2v) is 8.29. The minimum atomic E-state index is -3.72. The summed E-state index contributed by atoms with van der Waals surface area (Å²) >= 11 is 0. The lowest BCUT2D eigenvalue weighted by molar-refractivity contribution is -0.124. The van der Waals surface area contributed by atoms with Crippen molar-refractivity contribution in [3.05, 3.63) is 53.6 Å². The van der Waals surface area contributed by atoms with Gasteiger partial charge in [0.25, 0.3) is 15.9 Å². The minimum absolute atomic E-state index is 0.121. The van der Waals surface area contributed by atoms with Crippen molar-refractivity contribution in [3.8, 4) is 5.75 Å². The summed E-state index contributed by atoms with van der Waals surface area (Å²) in [7, 11) is -2.16. The quantitative estimate of drug-likeness (QED) is 0.668. The number of nitrogens with one attached hydrogen (secondary N) is 2. The van der Waals surface area contributed by atoms with E-state index in [0.717, 1.165) is 5.56 Å². The maximum absolute atomic E-state index is 12.6. The first-order chi connectivity index (χ1) is 13.2. The molecule has 1 amide bonds. The molecule has 8 heteroatoms. The van der Waals surface area contributed by atoms with Crippen LogP contribution in [-0.2, 0) is 19.6 Å². The van der Waals surface area contributed by atoms with Crippen LogP contribution in [0.15, 0.2) is 47.4 Å². The Bertz CT molecular complexity index is 911. The number of hydrogen-bond donors (Lipinski definition) is 2. The first-order valence-corrected chi connectivity index (χ1v) is 10.3. The maximum atomic E-state index is 12.6. The minimum Gasteiger partial charge on any atom is -0.484 e.